The van der Waals surface area contributed by atoms with Crippen molar-refractivity contribution in [3.63, 3.8) is 0 Å². The molecule has 0 aliphatic carbocycles. The Morgan fingerprint density at radius 2 is 2.00 bits per heavy atom. The molecule has 0 spiro atoms. The van der Waals surface area contributed by atoms with Gasteiger partial charge >= 0.3 is 0 Å². The summed E-state index contributed by atoms with van der Waals surface area (Å²) in [6.07, 6.45) is 0. The van der Waals surface area contributed by atoms with Crippen LogP contribution in [0.2, 0.25) is 0 Å². The van der Waals surface area contributed by atoms with Gasteiger partial charge in [-0.1, -0.05) is 0 Å². The molecule has 0 heterocycles. The van der Waals surface area contributed by atoms with Crippen LogP contribution < -0.4 is 4.74 Å². The molecule has 0 atom stereocenters. The number of ketones is 2. The Labute approximate surface area is 81.1 Å². The third-order valence-electron chi connectivity index (χ3n) is 1.76. The summed E-state index contributed by atoms with van der Waals surface area (Å²) >= 11 is 0. The van der Waals surface area contributed by atoms with Crippen LogP contribution in [0.25, 0.3) is 0 Å². The third kappa shape index (κ3) is 1.90. The molecule has 0 radical (unpaired) electrons. The Bertz CT molecular complexity index is 382. The molecule has 0 bridgehead atoms. The fourth-order valence-corrected chi connectivity index (χ4v) is 1.02. The van der Waals surface area contributed by atoms with Crippen LogP contribution in [0.3, 0.4) is 0 Å². The van der Waals surface area contributed by atoms with Crippen molar-refractivity contribution >= 4 is 11.6 Å². The van der Waals surface area contributed by atoms with E-state index in [0.717, 1.165) is 0 Å². The van der Waals surface area contributed by atoms with Crippen LogP contribution in [0, 0.1) is 0 Å². The minimum atomic E-state index is -0.594. The molecule has 74 valence electrons. The number of hydrogen-bond donors (Lipinski definition) is 1. The Balaban J connectivity index is 3.12. The van der Waals surface area contributed by atoms with Gasteiger partial charge in [0.1, 0.15) is 0 Å². The number of phenolic OH excluding ortho intramolecular Hbond substituents is 1. The van der Waals surface area contributed by atoms with Crippen molar-refractivity contribution in [2.45, 2.75) is 6.92 Å². The highest BCUT2D eigenvalue weighted by molar-refractivity contribution is 6.42. The number of carbonyl (C=O) groups excluding carboxylic acids is 2. The van der Waals surface area contributed by atoms with Gasteiger partial charge in [-0.3, -0.25) is 9.59 Å². The van der Waals surface area contributed by atoms with Gasteiger partial charge in [-0.25, -0.2) is 0 Å². The van der Waals surface area contributed by atoms with E-state index in [2.05, 4.69) is 0 Å². The normalized spacial score (nSPS) is 9.57. The van der Waals surface area contributed by atoms with Gasteiger partial charge in [0.2, 0.25) is 5.78 Å². The van der Waals surface area contributed by atoms with E-state index in [0.29, 0.717) is 0 Å². The Hall–Kier alpha value is -1.84. The molecular weight excluding hydrogens is 184 g/mol. The lowest BCUT2D eigenvalue weighted by molar-refractivity contribution is -0.113. The van der Waals surface area contributed by atoms with Crippen LogP contribution in [0.15, 0.2) is 18.2 Å². The second kappa shape index (κ2) is 3.91. The van der Waals surface area contributed by atoms with Crippen molar-refractivity contribution in [2.24, 2.45) is 0 Å². The molecule has 0 amide bonds. The average molecular weight is 194 g/mol. The molecule has 0 saturated carbocycles. The predicted molar refractivity (Wildman–Crippen MR) is 49.7 cm³/mol. The minimum Gasteiger partial charge on any atom is -0.504 e. The number of rotatable bonds is 3. The lowest BCUT2D eigenvalue weighted by Gasteiger charge is -2.04. The van der Waals surface area contributed by atoms with E-state index >= 15 is 0 Å². The van der Waals surface area contributed by atoms with Crippen LogP contribution >= 0.6 is 0 Å². The number of benzene rings is 1. The first-order valence-corrected chi connectivity index (χ1v) is 3.98. The van der Waals surface area contributed by atoms with Crippen molar-refractivity contribution in [3.8, 4) is 11.5 Å². The number of ether oxygens (including phenoxy) is 1. The third-order valence-corrected chi connectivity index (χ3v) is 1.76. The summed E-state index contributed by atoms with van der Waals surface area (Å²) in [6.45, 7) is 1.20. The zero-order valence-electron chi connectivity index (χ0n) is 7.90. The molecule has 0 saturated heterocycles. The first kappa shape index (κ1) is 10.2. The quantitative estimate of drug-likeness (QED) is 0.579. The molecule has 0 aliphatic rings. The summed E-state index contributed by atoms with van der Waals surface area (Å²) in [7, 11) is 1.37. The van der Waals surface area contributed by atoms with E-state index in [-0.39, 0.29) is 17.1 Å². The summed E-state index contributed by atoms with van der Waals surface area (Å²) in [5.41, 5.74) is 0.215. The van der Waals surface area contributed by atoms with Crippen molar-refractivity contribution in [3.05, 3.63) is 23.8 Å². The lowest BCUT2D eigenvalue weighted by atomic mass is 10.1. The first-order chi connectivity index (χ1) is 6.56. The highest BCUT2D eigenvalue weighted by atomic mass is 16.5. The summed E-state index contributed by atoms with van der Waals surface area (Å²) in [5, 5.41) is 9.23. The highest BCUT2D eigenvalue weighted by Gasteiger charge is 2.13. The van der Waals surface area contributed by atoms with Crippen LogP contribution in [-0.2, 0) is 4.79 Å². The molecule has 1 aromatic rings. The molecule has 0 aromatic heterocycles. The van der Waals surface area contributed by atoms with Gasteiger partial charge < -0.3 is 9.84 Å². The van der Waals surface area contributed by atoms with Crippen LogP contribution in [-0.4, -0.2) is 23.8 Å². The summed E-state index contributed by atoms with van der Waals surface area (Å²) in [6, 6.07) is 4.02. The van der Waals surface area contributed by atoms with Gasteiger partial charge in [0.25, 0.3) is 0 Å². The van der Waals surface area contributed by atoms with E-state index in [1.165, 1.54) is 32.2 Å². The van der Waals surface area contributed by atoms with Gasteiger partial charge in [0.15, 0.2) is 17.3 Å². The van der Waals surface area contributed by atoms with Crippen LogP contribution in [0.5, 0.6) is 11.5 Å². The number of phenols is 1. The largest absolute Gasteiger partial charge is 0.504 e. The Morgan fingerprint density at radius 1 is 1.36 bits per heavy atom. The lowest BCUT2D eigenvalue weighted by Crippen LogP contribution is -2.09. The Morgan fingerprint density at radius 3 is 2.50 bits per heavy atom. The number of methoxy groups -OCH3 is 1. The fourth-order valence-electron chi connectivity index (χ4n) is 1.02. The molecule has 4 nitrogen and oxygen atoms in total. The maximum absolute atomic E-state index is 11.2. The fraction of sp³-hybridized carbons (Fsp3) is 0.200. The van der Waals surface area contributed by atoms with Gasteiger partial charge in [-0.2, -0.15) is 0 Å². The summed E-state index contributed by atoms with van der Waals surface area (Å²) in [5.74, 6) is -1.02. The van der Waals surface area contributed by atoms with Crippen LogP contribution in [0.1, 0.15) is 17.3 Å². The van der Waals surface area contributed by atoms with Crippen molar-refractivity contribution in [1.29, 1.82) is 0 Å². The van der Waals surface area contributed by atoms with Gasteiger partial charge in [-0.05, 0) is 18.2 Å². The molecule has 1 aromatic carbocycles. The van der Waals surface area contributed by atoms with Crippen molar-refractivity contribution in [1.82, 2.24) is 0 Å². The average Bonchev–Trinajstić information content (AvgIpc) is 2.17. The molecule has 0 fully saturated rings. The number of hydrogen-bond acceptors (Lipinski definition) is 4. The molecule has 14 heavy (non-hydrogen) atoms. The zero-order chi connectivity index (χ0) is 10.7. The predicted octanol–water partition coefficient (Wildman–Crippen LogP) is 1.17. The molecule has 1 rings (SSSR count). The maximum atomic E-state index is 11.2. The zero-order valence-corrected chi connectivity index (χ0v) is 7.90. The molecule has 1 N–H and O–H groups in total. The van der Waals surface area contributed by atoms with Crippen LogP contribution in [0.4, 0.5) is 0 Å². The molecule has 0 unspecified atom stereocenters. The maximum Gasteiger partial charge on any atom is 0.228 e. The molecule has 4 heteroatoms. The second-order valence-corrected chi connectivity index (χ2v) is 2.77. The van der Waals surface area contributed by atoms with Gasteiger partial charge in [0.05, 0.1) is 7.11 Å². The smallest absolute Gasteiger partial charge is 0.228 e. The standard InChI is InChI=1S/C10H10O4/c1-6(11)10(13)7-3-4-8(12)9(5-7)14-2/h3-5,12H,1-2H3. The summed E-state index contributed by atoms with van der Waals surface area (Å²) in [4.78, 5) is 22.0. The van der Waals surface area contributed by atoms with E-state index in [4.69, 9.17) is 4.74 Å². The van der Waals surface area contributed by atoms with E-state index in [1.54, 1.807) is 0 Å². The Kier molecular flexibility index (Phi) is 2.86. The van der Waals surface area contributed by atoms with E-state index in [9.17, 15) is 14.7 Å². The number of aromatic hydroxyl groups is 1. The topological polar surface area (TPSA) is 63.6 Å². The van der Waals surface area contributed by atoms with E-state index < -0.39 is 11.6 Å². The van der Waals surface area contributed by atoms with Gasteiger partial charge in [-0.15, -0.1) is 0 Å². The number of carbonyl (C=O) groups is 2. The minimum absolute atomic E-state index is 0.0624. The van der Waals surface area contributed by atoms with E-state index in [1.807, 2.05) is 0 Å². The monoisotopic (exact) mass is 194 g/mol. The number of Topliss-reactive ketones (excluding diaryl/α,β-unsaturated/α-hetero) is 2. The SMILES string of the molecule is COc1cc(C(=O)C(C)=O)ccc1O. The first-order valence-electron chi connectivity index (χ1n) is 3.98. The molecular formula is C10H10O4. The van der Waals surface area contributed by atoms with Gasteiger partial charge in [0, 0.05) is 12.5 Å². The van der Waals surface area contributed by atoms with Crippen molar-refractivity contribution < 1.29 is 19.4 Å². The summed E-state index contributed by atoms with van der Waals surface area (Å²) < 4.78 is 4.80. The second-order valence-electron chi connectivity index (χ2n) is 2.77. The highest BCUT2D eigenvalue weighted by Crippen LogP contribution is 2.26. The van der Waals surface area contributed by atoms with Crippen molar-refractivity contribution in [2.75, 3.05) is 7.11 Å². The molecule has 0 aliphatic heterocycles.